The zero-order valence-corrected chi connectivity index (χ0v) is 9.38. The molecular formula is C13H22. The number of hydrogen-bond donors (Lipinski definition) is 0. The standard InChI is InChI=1S/C11H20.C2H2/c1-5-11(6-2)9-7-8-10(3)4;1-2/h5,7,9-10H,6,8H2,1-4H3;1-2H/b9-7-,11-5-;. The average molecular weight is 178 g/mol. The maximum Gasteiger partial charge on any atom is -0.0311 e. The minimum atomic E-state index is 0.779. The lowest BCUT2D eigenvalue weighted by atomic mass is 10.1. The lowest BCUT2D eigenvalue weighted by molar-refractivity contribution is 0.663. The van der Waals surface area contributed by atoms with Gasteiger partial charge in [-0.05, 0) is 25.7 Å². The van der Waals surface area contributed by atoms with Crippen LogP contribution in [0.1, 0.15) is 40.5 Å². The maximum absolute atomic E-state index is 4.00. The third-order valence-corrected chi connectivity index (χ3v) is 1.72. The molecule has 0 radical (unpaired) electrons. The Kier molecular flexibility index (Phi) is 12.4. The van der Waals surface area contributed by atoms with Gasteiger partial charge in [-0.15, -0.1) is 12.8 Å². The first-order valence-corrected chi connectivity index (χ1v) is 4.85. The van der Waals surface area contributed by atoms with Crippen LogP contribution in [0.4, 0.5) is 0 Å². The molecular weight excluding hydrogens is 156 g/mol. The van der Waals surface area contributed by atoms with E-state index in [1.54, 1.807) is 0 Å². The molecule has 0 bridgehead atoms. The maximum atomic E-state index is 4.00. The highest BCUT2D eigenvalue weighted by Crippen LogP contribution is 2.05. The molecule has 0 aliphatic carbocycles. The van der Waals surface area contributed by atoms with Crippen LogP contribution < -0.4 is 0 Å². The van der Waals surface area contributed by atoms with Crippen LogP contribution in [0.3, 0.4) is 0 Å². The Morgan fingerprint density at radius 1 is 1.31 bits per heavy atom. The zero-order valence-electron chi connectivity index (χ0n) is 9.38. The Bertz CT molecular complexity index is 168. The Balaban J connectivity index is 0. The van der Waals surface area contributed by atoms with Gasteiger partial charge in [0.05, 0.1) is 0 Å². The van der Waals surface area contributed by atoms with Gasteiger partial charge in [0.25, 0.3) is 0 Å². The first-order chi connectivity index (χ1) is 6.20. The first-order valence-electron chi connectivity index (χ1n) is 4.85. The van der Waals surface area contributed by atoms with Crippen LogP contribution in [-0.2, 0) is 0 Å². The van der Waals surface area contributed by atoms with Gasteiger partial charge in [0.1, 0.15) is 0 Å². The van der Waals surface area contributed by atoms with Crippen molar-refractivity contribution in [3.8, 4) is 12.8 Å². The third-order valence-electron chi connectivity index (χ3n) is 1.72. The zero-order chi connectivity index (χ0) is 10.7. The molecule has 0 aromatic heterocycles. The van der Waals surface area contributed by atoms with E-state index in [4.69, 9.17) is 0 Å². The summed E-state index contributed by atoms with van der Waals surface area (Å²) in [7, 11) is 0. The van der Waals surface area contributed by atoms with Crippen molar-refractivity contribution in [2.24, 2.45) is 5.92 Å². The first kappa shape index (κ1) is 14.6. The van der Waals surface area contributed by atoms with Crippen molar-refractivity contribution >= 4 is 0 Å². The molecule has 0 aliphatic heterocycles. The average Bonchev–Trinajstić information content (AvgIpc) is 2.15. The molecule has 0 saturated heterocycles. The summed E-state index contributed by atoms with van der Waals surface area (Å²) in [6, 6.07) is 0. The van der Waals surface area contributed by atoms with Crippen molar-refractivity contribution in [3.63, 3.8) is 0 Å². The van der Waals surface area contributed by atoms with E-state index in [1.165, 1.54) is 12.0 Å². The molecule has 0 aromatic rings. The van der Waals surface area contributed by atoms with Gasteiger partial charge >= 0.3 is 0 Å². The summed E-state index contributed by atoms with van der Waals surface area (Å²) in [4.78, 5) is 0. The Morgan fingerprint density at radius 3 is 2.15 bits per heavy atom. The highest BCUT2D eigenvalue weighted by molar-refractivity contribution is 5.16. The van der Waals surface area contributed by atoms with E-state index in [2.05, 4.69) is 58.8 Å². The summed E-state index contributed by atoms with van der Waals surface area (Å²) in [6.45, 7) is 8.77. The Morgan fingerprint density at radius 2 is 1.85 bits per heavy atom. The molecule has 74 valence electrons. The van der Waals surface area contributed by atoms with Gasteiger partial charge in [0, 0.05) is 0 Å². The molecule has 0 heterocycles. The summed E-state index contributed by atoms with van der Waals surface area (Å²) in [6.07, 6.45) is 17.0. The molecule has 0 aliphatic rings. The van der Waals surface area contributed by atoms with Crippen LogP contribution in [0.5, 0.6) is 0 Å². The van der Waals surface area contributed by atoms with Crippen molar-refractivity contribution in [2.75, 3.05) is 0 Å². The molecule has 13 heavy (non-hydrogen) atoms. The smallest absolute Gasteiger partial charge is 0.0311 e. The van der Waals surface area contributed by atoms with Gasteiger partial charge in [-0.25, -0.2) is 0 Å². The fraction of sp³-hybridized carbons (Fsp3) is 0.538. The van der Waals surface area contributed by atoms with Gasteiger partial charge in [-0.2, -0.15) is 0 Å². The van der Waals surface area contributed by atoms with E-state index in [0.717, 1.165) is 12.3 Å². The summed E-state index contributed by atoms with van der Waals surface area (Å²) in [5.41, 5.74) is 1.44. The topological polar surface area (TPSA) is 0 Å². The summed E-state index contributed by atoms with van der Waals surface area (Å²) in [5, 5.41) is 0. The SMILES string of the molecule is C#C.C/C=C(\C=C/CC(C)C)CC. The number of hydrogen-bond acceptors (Lipinski definition) is 0. The van der Waals surface area contributed by atoms with Gasteiger partial charge in [-0.1, -0.05) is 44.6 Å². The van der Waals surface area contributed by atoms with Gasteiger partial charge in [-0.3, -0.25) is 0 Å². The lowest BCUT2D eigenvalue weighted by Gasteiger charge is -1.98. The Hall–Kier alpha value is -0.960. The molecule has 0 aromatic carbocycles. The second-order valence-corrected chi connectivity index (χ2v) is 3.25. The molecule has 0 rings (SSSR count). The fourth-order valence-electron chi connectivity index (χ4n) is 0.910. The normalized spacial score (nSPS) is 11.5. The Labute approximate surface area is 83.7 Å². The molecule has 0 saturated carbocycles. The summed E-state index contributed by atoms with van der Waals surface area (Å²) >= 11 is 0. The molecule has 0 N–H and O–H groups in total. The van der Waals surface area contributed by atoms with Crippen LogP contribution in [0, 0.1) is 18.8 Å². The van der Waals surface area contributed by atoms with Crippen LogP contribution in [-0.4, -0.2) is 0 Å². The molecule has 0 fully saturated rings. The third kappa shape index (κ3) is 11.0. The van der Waals surface area contributed by atoms with E-state index in [1.807, 2.05) is 0 Å². The second-order valence-electron chi connectivity index (χ2n) is 3.25. The molecule has 0 heteroatoms. The predicted octanol–water partition coefficient (Wildman–Crippen LogP) is 4.19. The van der Waals surface area contributed by atoms with Crippen molar-refractivity contribution in [3.05, 3.63) is 23.8 Å². The van der Waals surface area contributed by atoms with Crippen molar-refractivity contribution < 1.29 is 0 Å². The monoisotopic (exact) mass is 178 g/mol. The molecule has 0 nitrogen and oxygen atoms in total. The van der Waals surface area contributed by atoms with Crippen LogP contribution in [0.2, 0.25) is 0 Å². The van der Waals surface area contributed by atoms with Gasteiger partial charge in [0.15, 0.2) is 0 Å². The summed E-state index contributed by atoms with van der Waals surface area (Å²) in [5.74, 6) is 0.779. The lowest BCUT2D eigenvalue weighted by Crippen LogP contribution is -1.82. The number of terminal acetylenes is 1. The number of allylic oxidation sites excluding steroid dienone is 4. The number of rotatable bonds is 4. The van der Waals surface area contributed by atoms with Crippen LogP contribution in [0.25, 0.3) is 0 Å². The second kappa shape index (κ2) is 11.0. The van der Waals surface area contributed by atoms with Crippen molar-refractivity contribution in [2.45, 2.75) is 40.5 Å². The summed E-state index contributed by atoms with van der Waals surface area (Å²) < 4.78 is 0. The van der Waals surface area contributed by atoms with E-state index < -0.39 is 0 Å². The quantitative estimate of drug-likeness (QED) is 0.447. The molecule has 0 spiro atoms. The minimum absolute atomic E-state index is 0.779. The predicted molar refractivity (Wildman–Crippen MR) is 62.5 cm³/mol. The highest BCUT2D eigenvalue weighted by Gasteiger charge is 1.88. The van der Waals surface area contributed by atoms with E-state index in [0.29, 0.717) is 0 Å². The minimum Gasteiger partial charge on any atom is -0.124 e. The highest BCUT2D eigenvalue weighted by atomic mass is 13.9. The van der Waals surface area contributed by atoms with Crippen molar-refractivity contribution in [1.82, 2.24) is 0 Å². The van der Waals surface area contributed by atoms with Gasteiger partial charge < -0.3 is 0 Å². The largest absolute Gasteiger partial charge is 0.124 e. The van der Waals surface area contributed by atoms with Crippen LogP contribution in [0.15, 0.2) is 23.8 Å². The van der Waals surface area contributed by atoms with Crippen molar-refractivity contribution in [1.29, 1.82) is 0 Å². The van der Waals surface area contributed by atoms with Gasteiger partial charge in [0.2, 0.25) is 0 Å². The molecule has 0 amide bonds. The fourth-order valence-corrected chi connectivity index (χ4v) is 0.910. The molecule has 0 unspecified atom stereocenters. The van der Waals surface area contributed by atoms with Crippen LogP contribution >= 0.6 is 0 Å². The van der Waals surface area contributed by atoms with E-state index >= 15 is 0 Å². The molecule has 0 atom stereocenters. The van der Waals surface area contributed by atoms with E-state index in [9.17, 15) is 0 Å². The van der Waals surface area contributed by atoms with E-state index in [-0.39, 0.29) is 0 Å².